The van der Waals surface area contributed by atoms with Gasteiger partial charge in [0.05, 0.1) is 11.9 Å². The fraction of sp³-hybridized carbons (Fsp3) is 0.444. The van der Waals surface area contributed by atoms with E-state index in [1.165, 1.54) is 0 Å². The number of hydrogen-bond acceptors (Lipinski definition) is 3. The molecule has 0 unspecified atom stereocenters. The van der Waals surface area contributed by atoms with Gasteiger partial charge in [0.2, 0.25) is 0 Å². The first-order valence-corrected chi connectivity index (χ1v) is 4.23. The third-order valence-electron chi connectivity index (χ3n) is 1.94. The Morgan fingerprint density at radius 1 is 1.31 bits per heavy atom. The lowest BCUT2D eigenvalue weighted by atomic mass is 9.91. The average Bonchev–Trinajstić information content (AvgIpc) is 2.48. The van der Waals surface area contributed by atoms with Gasteiger partial charge in [0.1, 0.15) is 18.2 Å². The van der Waals surface area contributed by atoms with Gasteiger partial charge in [-0.3, -0.25) is 0 Å². The normalized spacial score (nSPS) is 12.2. The summed E-state index contributed by atoms with van der Waals surface area (Å²) in [5.74, 6) is 0. The van der Waals surface area contributed by atoms with Crippen LogP contribution in [0.4, 0.5) is 0 Å². The Morgan fingerprint density at radius 3 is 2.77 bits per heavy atom. The molecule has 0 aliphatic rings. The zero-order valence-corrected chi connectivity index (χ0v) is 8.02. The van der Waals surface area contributed by atoms with Crippen molar-refractivity contribution in [1.82, 2.24) is 19.6 Å². The van der Waals surface area contributed by atoms with E-state index in [1.54, 1.807) is 23.4 Å². The van der Waals surface area contributed by atoms with E-state index in [2.05, 4.69) is 35.8 Å². The molecule has 0 spiro atoms. The van der Waals surface area contributed by atoms with Crippen molar-refractivity contribution in [3.8, 4) is 0 Å². The summed E-state index contributed by atoms with van der Waals surface area (Å²) in [4.78, 5) is 8.31. The van der Waals surface area contributed by atoms with E-state index < -0.39 is 0 Å². The van der Waals surface area contributed by atoms with E-state index >= 15 is 0 Å². The molecule has 0 aromatic carbocycles. The highest BCUT2D eigenvalue weighted by Gasteiger charge is 2.19. The van der Waals surface area contributed by atoms with Crippen LogP contribution in [-0.4, -0.2) is 19.6 Å². The van der Waals surface area contributed by atoms with Gasteiger partial charge in [-0.1, -0.05) is 20.8 Å². The summed E-state index contributed by atoms with van der Waals surface area (Å²) < 4.78 is 1.74. The first-order chi connectivity index (χ1) is 6.09. The highest BCUT2D eigenvalue weighted by atomic mass is 15.3. The smallest absolute Gasteiger partial charge is 0.136 e. The van der Waals surface area contributed by atoms with Gasteiger partial charge in [0, 0.05) is 5.41 Å². The number of aromatic nitrogens is 4. The molecule has 0 aliphatic carbocycles. The fourth-order valence-corrected chi connectivity index (χ4v) is 1.33. The second-order valence-corrected chi connectivity index (χ2v) is 4.08. The lowest BCUT2D eigenvalue weighted by Crippen LogP contribution is -2.15. The molecule has 2 aromatic rings. The minimum atomic E-state index is 0.0320. The highest BCUT2D eigenvalue weighted by Crippen LogP contribution is 2.22. The first-order valence-electron chi connectivity index (χ1n) is 4.23. The molecule has 0 N–H and O–H groups in total. The molecular weight excluding hydrogens is 164 g/mol. The molecule has 2 heterocycles. The van der Waals surface area contributed by atoms with Gasteiger partial charge in [0.25, 0.3) is 0 Å². The number of nitrogens with zero attached hydrogens (tertiary/aromatic N) is 4. The predicted octanol–water partition coefficient (Wildman–Crippen LogP) is 1.42. The van der Waals surface area contributed by atoms with Crippen molar-refractivity contribution in [1.29, 1.82) is 0 Å². The van der Waals surface area contributed by atoms with Crippen LogP contribution < -0.4 is 0 Å². The summed E-state index contributed by atoms with van der Waals surface area (Å²) in [7, 11) is 0. The summed E-state index contributed by atoms with van der Waals surface area (Å²) >= 11 is 0. The van der Waals surface area contributed by atoms with Gasteiger partial charge in [-0.15, -0.1) is 0 Å². The molecule has 0 atom stereocenters. The lowest BCUT2D eigenvalue weighted by molar-refractivity contribution is 0.566. The number of imidazole rings is 1. The maximum atomic E-state index is 4.28. The van der Waals surface area contributed by atoms with E-state index in [0.717, 1.165) is 11.2 Å². The molecule has 0 saturated heterocycles. The van der Waals surface area contributed by atoms with Crippen molar-refractivity contribution in [3.05, 3.63) is 24.5 Å². The number of rotatable bonds is 0. The maximum Gasteiger partial charge on any atom is 0.136 e. The van der Waals surface area contributed by atoms with Gasteiger partial charge >= 0.3 is 0 Å². The minimum Gasteiger partial charge on any atom is -0.242 e. The van der Waals surface area contributed by atoms with Crippen molar-refractivity contribution < 1.29 is 0 Å². The van der Waals surface area contributed by atoms with Crippen LogP contribution in [-0.2, 0) is 5.41 Å². The Bertz CT molecular complexity index is 424. The zero-order chi connectivity index (χ0) is 9.47. The second-order valence-electron chi connectivity index (χ2n) is 4.08. The molecule has 4 heteroatoms. The molecule has 0 radical (unpaired) electrons. The third kappa shape index (κ3) is 1.28. The summed E-state index contributed by atoms with van der Waals surface area (Å²) in [5, 5.41) is 4.06. The molecule has 68 valence electrons. The zero-order valence-electron chi connectivity index (χ0n) is 8.02. The Hall–Kier alpha value is -1.45. The van der Waals surface area contributed by atoms with E-state index in [9.17, 15) is 0 Å². The second kappa shape index (κ2) is 2.52. The molecule has 2 rings (SSSR count). The molecule has 13 heavy (non-hydrogen) atoms. The van der Waals surface area contributed by atoms with E-state index in [0.29, 0.717) is 0 Å². The summed E-state index contributed by atoms with van der Waals surface area (Å²) in [6, 6.07) is 0. The Kier molecular flexibility index (Phi) is 1.58. The van der Waals surface area contributed by atoms with Crippen molar-refractivity contribution in [2.75, 3.05) is 0 Å². The molecule has 0 bridgehead atoms. The molecule has 0 amide bonds. The molecule has 2 aromatic heterocycles. The molecule has 0 saturated carbocycles. The van der Waals surface area contributed by atoms with Crippen molar-refractivity contribution >= 4 is 5.52 Å². The van der Waals surface area contributed by atoms with Crippen molar-refractivity contribution in [2.24, 2.45) is 0 Å². The predicted molar refractivity (Wildman–Crippen MR) is 49.5 cm³/mol. The Labute approximate surface area is 76.6 Å². The third-order valence-corrected chi connectivity index (χ3v) is 1.94. The van der Waals surface area contributed by atoms with Crippen molar-refractivity contribution in [2.45, 2.75) is 26.2 Å². The van der Waals surface area contributed by atoms with Crippen LogP contribution in [0.3, 0.4) is 0 Å². The first kappa shape index (κ1) is 8.16. The molecular formula is C9H12N4. The van der Waals surface area contributed by atoms with E-state index in [4.69, 9.17) is 0 Å². The van der Waals surface area contributed by atoms with Crippen LogP contribution in [0.2, 0.25) is 0 Å². The Balaban J connectivity index is 2.75. The highest BCUT2D eigenvalue weighted by molar-refractivity contribution is 5.51. The number of hydrogen-bond donors (Lipinski definition) is 0. The van der Waals surface area contributed by atoms with Crippen LogP contribution in [0, 0.1) is 0 Å². The fourth-order valence-electron chi connectivity index (χ4n) is 1.33. The Morgan fingerprint density at radius 2 is 2.08 bits per heavy atom. The van der Waals surface area contributed by atoms with Crippen LogP contribution in [0.15, 0.2) is 18.9 Å². The van der Waals surface area contributed by atoms with Gasteiger partial charge < -0.3 is 0 Å². The summed E-state index contributed by atoms with van der Waals surface area (Å²) in [5.41, 5.74) is 2.04. The topological polar surface area (TPSA) is 43.1 Å². The monoisotopic (exact) mass is 176 g/mol. The van der Waals surface area contributed by atoms with Crippen LogP contribution in [0.1, 0.15) is 26.5 Å². The van der Waals surface area contributed by atoms with Crippen LogP contribution in [0.5, 0.6) is 0 Å². The van der Waals surface area contributed by atoms with Gasteiger partial charge in [-0.25, -0.2) is 14.5 Å². The molecule has 4 nitrogen and oxygen atoms in total. The molecule has 0 aliphatic heterocycles. The maximum absolute atomic E-state index is 4.28. The number of fused-ring (bicyclic) bond motifs is 1. The SMILES string of the molecule is CC(C)(C)c1ncnn2cncc12. The molecule has 0 fully saturated rings. The van der Waals surface area contributed by atoms with Gasteiger partial charge in [-0.05, 0) is 0 Å². The summed E-state index contributed by atoms with van der Waals surface area (Å²) in [6.45, 7) is 6.38. The van der Waals surface area contributed by atoms with Crippen molar-refractivity contribution in [3.63, 3.8) is 0 Å². The lowest BCUT2D eigenvalue weighted by Gasteiger charge is -2.17. The van der Waals surface area contributed by atoms with E-state index in [1.807, 2.05) is 0 Å². The van der Waals surface area contributed by atoms with Crippen LogP contribution >= 0.6 is 0 Å². The summed E-state index contributed by atoms with van der Waals surface area (Å²) in [6.07, 6.45) is 5.04. The van der Waals surface area contributed by atoms with Gasteiger partial charge in [0.15, 0.2) is 0 Å². The van der Waals surface area contributed by atoms with Gasteiger partial charge in [-0.2, -0.15) is 5.10 Å². The quantitative estimate of drug-likeness (QED) is 0.609. The average molecular weight is 176 g/mol. The largest absolute Gasteiger partial charge is 0.242 e. The minimum absolute atomic E-state index is 0.0320. The van der Waals surface area contributed by atoms with Crippen LogP contribution in [0.25, 0.3) is 5.52 Å². The standard InChI is InChI=1S/C9H12N4/c1-9(2,3)8-7-4-10-6-13(7)12-5-11-8/h4-6H,1-3H3. The van der Waals surface area contributed by atoms with E-state index in [-0.39, 0.29) is 5.41 Å².